The highest BCUT2D eigenvalue weighted by molar-refractivity contribution is 6.31. The molecular formula is C22H21Cl2FN2O2. The second-order valence-electron chi connectivity index (χ2n) is 6.27. The molecule has 0 saturated heterocycles. The van der Waals surface area contributed by atoms with Crippen LogP contribution < -0.4 is 14.8 Å². The molecule has 0 unspecified atom stereocenters. The van der Waals surface area contributed by atoms with Crippen LogP contribution >= 0.6 is 23.2 Å². The Balaban J connectivity index is 1.69. The van der Waals surface area contributed by atoms with Crippen LogP contribution in [0.2, 0.25) is 10.0 Å². The van der Waals surface area contributed by atoms with Crippen LogP contribution in [-0.2, 0) is 19.7 Å². The zero-order valence-corrected chi connectivity index (χ0v) is 17.4. The van der Waals surface area contributed by atoms with Crippen molar-refractivity contribution in [1.29, 1.82) is 0 Å². The van der Waals surface area contributed by atoms with Gasteiger partial charge in [-0.25, -0.2) is 4.39 Å². The van der Waals surface area contributed by atoms with E-state index >= 15 is 0 Å². The summed E-state index contributed by atoms with van der Waals surface area (Å²) in [6, 6.07) is 13.6. The van der Waals surface area contributed by atoms with Crippen LogP contribution in [0, 0.1) is 5.82 Å². The molecule has 3 rings (SSSR count). The van der Waals surface area contributed by atoms with E-state index in [0.717, 1.165) is 11.3 Å². The van der Waals surface area contributed by atoms with Gasteiger partial charge in [0.1, 0.15) is 12.4 Å². The lowest BCUT2D eigenvalue weighted by Gasteiger charge is -2.16. The minimum absolute atomic E-state index is 0.173. The summed E-state index contributed by atoms with van der Waals surface area (Å²) in [5, 5.41) is 4.19. The van der Waals surface area contributed by atoms with Gasteiger partial charge in [0.2, 0.25) is 0 Å². The third kappa shape index (κ3) is 6.07. The number of aromatic nitrogens is 1. The van der Waals surface area contributed by atoms with Crippen LogP contribution in [0.4, 0.5) is 4.39 Å². The molecule has 0 saturated carbocycles. The molecule has 3 aromatic rings. The minimum Gasteiger partial charge on any atom is -0.490 e. The number of pyridine rings is 1. The molecule has 7 heteroatoms. The second-order valence-corrected chi connectivity index (χ2v) is 7.09. The van der Waals surface area contributed by atoms with E-state index in [1.165, 1.54) is 12.1 Å². The van der Waals surface area contributed by atoms with Crippen molar-refractivity contribution in [1.82, 2.24) is 10.3 Å². The number of hydrogen-bond acceptors (Lipinski definition) is 4. The molecule has 0 aliphatic heterocycles. The molecule has 29 heavy (non-hydrogen) atoms. The Kier molecular flexibility index (Phi) is 7.69. The molecule has 0 fully saturated rings. The zero-order valence-electron chi connectivity index (χ0n) is 15.9. The average Bonchev–Trinajstić information content (AvgIpc) is 2.71. The predicted molar refractivity (Wildman–Crippen MR) is 113 cm³/mol. The van der Waals surface area contributed by atoms with Gasteiger partial charge in [-0.15, -0.1) is 0 Å². The monoisotopic (exact) mass is 434 g/mol. The molecular weight excluding hydrogens is 414 g/mol. The first-order chi connectivity index (χ1) is 14.1. The van der Waals surface area contributed by atoms with Crippen molar-refractivity contribution in [2.45, 2.75) is 26.6 Å². The number of halogens is 3. The molecule has 1 aromatic heterocycles. The smallest absolute Gasteiger partial charge is 0.163 e. The Bertz CT molecular complexity index is 955. The summed E-state index contributed by atoms with van der Waals surface area (Å²) >= 11 is 12.5. The molecule has 0 bridgehead atoms. The summed E-state index contributed by atoms with van der Waals surface area (Å²) in [4.78, 5) is 4.28. The Morgan fingerprint density at radius 3 is 2.45 bits per heavy atom. The summed E-state index contributed by atoms with van der Waals surface area (Å²) in [7, 11) is 0. The third-order valence-corrected chi connectivity index (χ3v) is 4.86. The standard InChI is InChI=1S/C22H21Cl2FN2O2/c1-2-28-21-9-16(12-26-13-18-5-3-4-8-27-18)20(24)11-22(21)29-14-15-6-7-17(25)10-19(15)23/h3-11,26H,2,12-14H2,1H3. The summed E-state index contributed by atoms with van der Waals surface area (Å²) < 4.78 is 24.8. The van der Waals surface area contributed by atoms with Gasteiger partial charge < -0.3 is 14.8 Å². The fourth-order valence-electron chi connectivity index (χ4n) is 2.72. The zero-order chi connectivity index (χ0) is 20.6. The second kappa shape index (κ2) is 10.4. The highest BCUT2D eigenvalue weighted by Gasteiger charge is 2.12. The topological polar surface area (TPSA) is 43.4 Å². The number of benzene rings is 2. The van der Waals surface area contributed by atoms with Crippen molar-refractivity contribution >= 4 is 23.2 Å². The van der Waals surface area contributed by atoms with E-state index in [1.54, 1.807) is 18.3 Å². The molecule has 1 N–H and O–H groups in total. The fourth-order valence-corrected chi connectivity index (χ4v) is 3.16. The van der Waals surface area contributed by atoms with Crippen molar-refractivity contribution in [2.75, 3.05) is 6.61 Å². The van der Waals surface area contributed by atoms with Gasteiger partial charge in [0.05, 0.1) is 17.3 Å². The molecule has 0 atom stereocenters. The van der Waals surface area contributed by atoms with Crippen LogP contribution in [0.1, 0.15) is 23.7 Å². The first-order valence-corrected chi connectivity index (χ1v) is 9.95. The van der Waals surface area contributed by atoms with Crippen molar-refractivity contribution in [3.8, 4) is 11.5 Å². The maximum Gasteiger partial charge on any atom is 0.163 e. The Hall–Kier alpha value is -2.34. The van der Waals surface area contributed by atoms with Crippen LogP contribution in [0.3, 0.4) is 0 Å². The normalized spacial score (nSPS) is 10.8. The van der Waals surface area contributed by atoms with Crippen LogP contribution in [0.5, 0.6) is 11.5 Å². The maximum absolute atomic E-state index is 13.2. The molecule has 0 radical (unpaired) electrons. The largest absolute Gasteiger partial charge is 0.490 e. The number of rotatable bonds is 9. The lowest BCUT2D eigenvalue weighted by molar-refractivity contribution is 0.269. The predicted octanol–water partition coefficient (Wildman–Crippen LogP) is 5.80. The van der Waals surface area contributed by atoms with Crippen molar-refractivity contribution < 1.29 is 13.9 Å². The van der Waals surface area contributed by atoms with E-state index in [0.29, 0.717) is 46.8 Å². The fraction of sp³-hybridized carbons (Fsp3) is 0.227. The maximum atomic E-state index is 13.2. The van der Waals surface area contributed by atoms with Gasteiger partial charge in [-0.1, -0.05) is 35.3 Å². The first-order valence-electron chi connectivity index (χ1n) is 9.19. The van der Waals surface area contributed by atoms with Gasteiger partial charge in [0.15, 0.2) is 11.5 Å². The molecule has 2 aromatic carbocycles. The van der Waals surface area contributed by atoms with E-state index in [2.05, 4.69) is 10.3 Å². The molecule has 0 spiro atoms. The summed E-state index contributed by atoms with van der Waals surface area (Å²) in [5.41, 5.74) is 2.51. The summed E-state index contributed by atoms with van der Waals surface area (Å²) in [6.07, 6.45) is 1.76. The van der Waals surface area contributed by atoms with Gasteiger partial charge in [-0.05, 0) is 42.8 Å². The average molecular weight is 435 g/mol. The number of hydrogen-bond donors (Lipinski definition) is 1. The lowest BCUT2D eigenvalue weighted by atomic mass is 10.2. The first kappa shape index (κ1) is 21.4. The number of nitrogens with one attached hydrogen (secondary N) is 1. The van der Waals surface area contributed by atoms with Gasteiger partial charge in [-0.3, -0.25) is 4.98 Å². The highest BCUT2D eigenvalue weighted by Crippen LogP contribution is 2.34. The van der Waals surface area contributed by atoms with Crippen molar-refractivity contribution in [3.63, 3.8) is 0 Å². The Morgan fingerprint density at radius 1 is 0.931 bits per heavy atom. The summed E-state index contributed by atoms with van der Waals surface area (Å²) in [6.45, 7) is 3.74. The lowest BCUT2D eigenvalue weighted by Crippen LogP contribution is -2.14. The molecule has 4 nitrogen and oxygen atoms in total. The van der Waals surface area contributed by atoms with Crippen molar-refractivity contribution in [3.05, 3.63) is 87.4 Å². The van der Waals surface area contributed by atoms with E-state index in [1.807, 2.05) is 31.2 Å². The van der Waals surface area contributed by atoms with E-state index in [4.69, 9.17) is 32.7 Å². The van der Waals surface area contributed by atoms with Crippen molar-refractivity contribution in [2.24, 2.45) is 0 Å². The van der Waals surface area contributed by atoms with Gasteiger partial charge >= 0.3 is 0 Å². The third-order valence-electron chi connectivity index (χ3n) is 4.16. The minimum atomic E-state index is -0.389. The van der Waals surface area contributed by atoms with Gasteiger partial charge in [-0.2, -0.15) is 0 Å². The Morgan fingerprint density at radius 2 is 1.72 bits per heavy atom. The van der Waals surface area contributed by atoms with Crippen LogP contribution in [0.25, 0.3) is 0 Å². The Labute approximate surface area is 179 Å². The SMILES string of the molecule is CCOc1cc(CNCc2ccccn2)c(Cl)cc1OCc1ccc(F)cc1Cl. The molecule has 1 heterocycles. The quantitative estimate of drug-likeness (QED) is 0.462. The number of nitrogens with zero attached hydrogens (tertiary/aromatic N) is 1. The van der Waals surface area contributed by atoms with E-state index in [-0.39, 0.29) is 12.4 Å². The van der Waals surface area contributed by atoms with E-state index in [9.17, 15) is 4.39 Å². The van der Waals surface area contributed by atoms with Gasteiger partial charge in [0.25, 0.3) is 0 Å². The molecule has 152 valence electrons. The molecule has 0 aliphatic carbocycles. The van der Waals surface area contributed by atoms with Crippen LogP contribution in [0.15, 0.2) is 54.7 Å². The summed E-state index contributed by atoms with van der Waals surface area (Å²) in [5.74, 6) is 0.704. The number of ether oxygens (including phenoxy) is 2. The molecule has 0 aliphatic rings. The van der Waals surface area contributed by atoms with Crippen LogP contribution in [-0.4, -0.2) is 11.6 Å². The highest BCUT2D eigenvalue weighted by atomic mass is 35.5. The molecule has 0 amide bonds. The van der Waals surface area contributed by atoms with Gasteiger partial charge in [0, 0.05) is 35.9 Å². The van der Waals surface area contributed by atoms with E-state index < -0.39 is 0 Å².